The van der Waals surface area contributed by atoms with E-state index in [2.05, 4.69) is 15.3 Å². The average molecular weight is 675 g/mol. The predicted octanol–water partition coefficient (Wildman–Crippen LogP) is 8.58. The third kappa shape index (κ3) is 6.19. The van der Waals surface area contributed by atoms with E-state index in [9.17, 15) is 5.11 Å². The van der Waals surface area contributed by atoms with E-state index in [0.29, 0.717) is 17.0 Å². The van der Waals surface area contributed by atoms with E-state index < -0.39 is 54.8 Å². The zero-order valence-corrected chi connectivity index (χ0v) is 26.8. The van der Waals surface area contributed by atoms with Crippen molar-refractivity contribution in [3.8, 4) is 22.5 Å². The molecule has 0 fully saturated rings. The second-order valence-electron chi connectivity index (χ2n) is 11.2. The van der Waals surface area contributed by atoms with Crippen LogP contribution in [0.3, 0.4) is 0 Å². The number of aryl methyl sites for hydroxylation is 1. The molecule has 0 spiro atoms. The Morgan fingerprint density at radius 2 is 1.33 bits per heavy atom. The summed E-state index contributed by atoms with van der Waals surface area (Å²) in [6, 6.07) is 44.4. The predicted molar refractivity (Wildman–Crippen MR) is 194 cm³/mol. The molecule has 0 radical (unpaired) electrons. The monoisotopic (exact) mass is 674 g/mol. The van der Waals surface area contributed by atoms with Crippen molar-refractivity contribution in [1.82, 2.24) is 29.8 Å². The molecule has 0 aliphatic rings. The maximum atomic E-state index is 10.4. The molecule has 1 N–H and O–H groups in total. The first-order valence-electron chi connectivity index (χ1n) is 20.5. The molecule has 2 aromatic heterocycles. The zero-order chi connectivity index (χ0) is 42.4. The Morgan fingerprint density at radius 1 is 0.755 bits per heavy atom. The number of benzene rings is 5. The van der Waals surface area contributed by atoms with Crippen molar-refractivity contribution >= 4 is 11.6 Å². The van der Waals surface area contributed by atoms with Gasteiger partial charge in [-0.2, -0.15) is 0 Å². The van der Waals surface area contributed by atoms with E-state index in [-0.39, 0.29) is 6.54 Å². The molecular weight excluding hydrogens is 628 g/mol. The molecule has 0 aliphatic heterocycles. The highest BCUT2D eigenvalue weighted by Crippen LogP contribution is 2.40. The molecule has 0 amide bonds. The molecule has 2 heterocycles. The van der Waals surface area contributed by atoms with Crippen LogP contribution in [0.4, 0.5) is 0 Å². The lowest BCUT2D eigenvalue weighted by Gasteiger charge is -2.34. The lowest BCUT2D eigenvalue weighted by atomic mass is 9.77. The summed E-state index contributed by atoms with van der Waals surface area (Å²) in [5.41, 5.74) is 3.85. The first-order chi connectivity index (χ1) is 27.9. The first-order valence-corrected chi connectivity index (χ1v) is 15.8. The highest BCUT2D eigenvalue weighted by Gasteiger charge is 2.41. The molecule has 7 rings (SSSR count). The molecule has 5 aromatic carbocycles. The summed E-state index contributed by atoms with van der Waals surface area (Å²) in [5, 5.41) is 24.2. The van der Waals surface area contributed by atoms with Crippen LogP contribution in [0.15, 0.2) is 140 Å². The molecule has 0 saturated carbocycles. The minimum atomic E-state index is -3.50. The summed E-state index contributed by atoms with van der Waals surface area (Å²) in [7, 11) is 0. The quantitative estimate of drug-likeness (QED) is 0.131. The molecule has 1 unspecified atom stereocenters. The van der Waals surface area contributed by atoms with Crippen molar-refractivity contribution in [3.63, 3.8) is 0 Å². The first kappa shape index (κ1) is 22.3. The molecular formula is C41H37ClN6O. The van der Waals surface area contributed by atoms with Crippen LogP contribution in [-0.2, 0) is 25.0 Å². The van der Waals surface area contributed by atoms with E-state index in [0.717, 1.165) is 32.4 Å². The Bertz CT molecular complexity index is 2450. The number of tetrazole rings is 1. The lowest BCUT2D eigenvalue weighted by molar-refractivity contribution is 0.271. The van der Waals surface area contributed by atoms with Crippen LogP contribution in [0.5, 0.6) is 0 Å². The summed E-state index contributed by atoms with van der Waals surface area (Å²) in [6.07, 6.45) is -9.14. The maximum Gasteiger partial charge on any atom is 0.205 e. The van der Waals surface area contributed by atoms with Gasteiger partial charge in [0.25, 0.3) is 0 Å². The standard InChI is InChI=1S/C41H37ClN6O/c1-2-3-23-38-43-39(42)37(29-49)47(38)28-30-24-26-31(27-25-30)35-21-13-14-22-36(35)40-44-46-48(45-40)41(32-15-7-4-8-16-32,33-17-9-5-10-18-33)34-19-11-6-12-20-34/h4-22,24-27,49H,2-3,23,28-29H2,1H3/i1D3,2D2,3D2,23D,29D2. The van der Waals surface area contributed by atoms with Gasteiger partial charge in [0.1, 0.15) is 5.82 Å². The molecule has 0 saturated heterocycles. The van der Waals surface area contributed by atoms with Crippen molar-refractivity contribution in [3.05, 3.63) is 178 Å². The fraction of sp³-hybridized carbons (Fsp3) is 0.171. The SMILES string of the molecule is [2H]C(c1nc(Cl)c(C([2H])([2H])O)n1Cc1ccc(-c2ccccc2-c2nnn(C(c3ccccc3)(c3ccccc3)c3ccccc3)n2)cc1)C([2H])([2H])C([2H])([2H])C([2H])([2H])[2H]. The molecule has 8 heteroatoms. The number of aromatic nitrogens is 6. The van der Waals surface area contributed by atoms with Crippen molar-refractivity contribution in [2.75, 3.05) is 0 Å². The minimum absolute atomic E-state index is 0.287. The van der Waals surface area contributed by atoms with Crippen LogP contribution >= 0.6 is 11.6 Å². The van der Waals surface area contributed by atoms with E-state index in [1.165, 1.54) is 0 Å². The van der Waals surface area contributed by atoms with E-state index >= 15 is 0 Å². The summed E-state index contributed by atoms with van der Waals surface area (Å²) < 4.78 is 81.4. The fourth-order valence-corrected chi connectivity index (χ4v) is 6.40. The van der Waals surface area contributed by atoms with E-state index in [1.54, 1.807) is 29.1 Å². The van der Waals surface area contributed by atoms with E-state index in [1.807, 2.05) is 115 Å². The fourth-order valence-electron chi connectivity index (χ4n) is 6.17. The van der Waals surface area contributed by atoms with Crippen molar-refractivity contribution < 1.29 is 18.8 Å². The largest absolute Gasteiger partial charge is 0.390 e. The van der Waals surface area contributed by atoms with Gasteiger partial charge in [0, 0.05) is 29.5 Å². The van der Waals surface area contributed by atoms with Crippen LogP contribution in [0.2, 0.25) is 5.15 Å². The number of hydrogen-bond donors (Lipinski definition) is 1. The van der Waals surface area contributed by atoms with Gasteiger partial charge in [0.05, 0.1) is 15.0 Å². The molecule has 7 aromatic rings. The highest BCUT2D eigenvalue weighted by atomic mass is 35.5. The Kier molecular flexibility index (Phi) is 6.55. The van der Waals surface area contributed by atoms with Gasteiger partial charge in [-0.3, -0.25) is 0 Å². The van der Waals surface area contributed by atoms with Crippen LogP contribution < -0.4 is 0 Å². The number of halogens is 1. The van der Waals surface area contributed by atoms with Crippen molar-refractivity contribution in [2.24, 2.45) is 0 Å². The third-order valence-corrected chi connectivity index (χ3v) is 8.66. The maximum absolute atomic E-state index is 10.4. The summed E-state index contributed by atoms with van der Waals surface area (Å²) in [4.78, 5) is 5.59. The number of imidazole rings is 1. The van der Waals surface area contributed by atoms with Gasteiger partial charge < -0.3 is 9.67 Å². The van der Waals surface area contributed by atoms with Crippen LogP contribution in [0.25, 0.3) is 22.5 Å². The molecule has 7 nitrogen and oxygen atoms in total. The molecule has 0 aliphatic carbocycles. The topological polar surface area (TPSA) is 81.7 Å². The molecule has 0 bridgehead atoms. The van der Waals surface area contributed by atoms with Gasteiger partial charge in [-0.05, 0) is 45.0 Å². The number of aliphatic hydroxyl groups is 1. The molecule has 49 heavy (non-hydrogen) atoms. The smallest absolute Gasteiger partial charge is 0.205 e. The van der Waals surface area contributed by atoms with Gasteiger partial charge in [0.2, 0.25) is 5.82 Å². The minimum Gasteiger partial charge on any atom is -0.390 e. The van der Waals surface area contributed by atoms with Gasteiger partial charge in [-0.15, -0.1) is 15.0 Å². The number of rotatable bonds is 12. The summed E-state index contributed by atoms with van der Waals surface area (Å²) in [5.74, 6) is -0.209. The third-order valence-electron chi connectivity index (χ3n) is 8.40. The van der Waals surface area contributed by atoms with Crippen LogP contribution in [0.1, 0.15) is 67.1 Å². The normalized spacial score (nSPS) is 16.4. The zero-order valence-electron chi connectivity index (χ0n) is 36.1. The highest BCUT2D eigenvalue weighted by molar-refractivity contribution is 6.30. The Balaban J connectivity index is 1.27. The van der Waals surface area contributed by atoms with Crippen LogP contribution in [-0.4, -0.2) is 34.9 Å². The van der Waals surface area contributed by atoms with Crippen LogP contribution in [0, 0.1) is 0 Å². The average Bonchev–Trinajstić information content (AvgIpc) is 3.84. The second kappa shape index (κ2) is 14.4. The van der Waals surface area contributed by atoms with Crippen molar-refractivity contribution in [2.45, 2.75) is 44.6 Å². The summed E-state index contributed by atoms with van der Waals surface area (Å²) >= 11 is 6.25. The molecule has 244 valence electrons. The number of hydrogen-bond acceptors (Lipinski definition) is 5. The Hall–Kier alpha value is -5.37. The van der Waals surface area contributed by atoms with Gasteiger partial charge in [0.15, 0.2) is 10.7 Å². The Morgan fingerprint density at radius 3 is 1.90 bits per heavy atom. The van der Waals surface area contributed by atoms with Crippen molar-refractivity contribution in [1.29, 1.82) is 0 Å². The molecule has 1 atom stereocenters. The number of nitrogens with zero attached hydrogens (tertiary/aromatic N) is 6. The van der Waals surface area contributed by atoms with Gasteiger partial charge in [-0.1, -0.05) is 164 Å². The van der Waals surface area contributed by atoms with Gasteiger partial charge >= 0.3 is 0 Å². The summed E-state index contributed by atoms with van der Waals surface area (Å²) in [6.45, 7) is -6.85. The lowest BCUT2D eigenvalue weighted by Crippen LogP contribution is -2.39. The second-order valence-corrected chi connectivity index (χ2v) is 11.5. The Labute approximate surface area is 305 Å². The van der Waals surface area contributed by atoms with E-state index in [4.69, 9.17) is 30.4 Å². The van der Waals surface area contributed by atoms with Gasteiger partial charge in [-0.25, -0.2) is 4.98 Å².